The third-order valence-corrected chi connectivity index (χ3v) is 5.56. The summed E-state index contributed by atoms with van der Waals surface area (Å²) in [5.74, 6) is 0.198. The smallest absolute Gasteiger partial charge is 0.254 e. The van der Waals surface area contributed by atoms with Crippen LogP contribution in [0.4, 0.5) is 4.39 Å². The van der Waals surface area contributed by atoms with E-state index in [0.717, 1.165) is 28.9 Å². The monoisotopic (exact) mass is 406 g/mol. The summed E-state index contributed by atoms with van der Waals surface area (Å²) in [6, 6.07) is 14.3. The minimum absolute atomic E-state index is 0.0147. The predicted octanol–water partition coefficient (Wildman–Crippen LogP) is 3.87. The molecule has 1 atom stereocenters. The molecule has 156 valence electrons. The molecule has 1 aliphatic heterocycles. The molecule has 0 saturated heterocycles. The van der Waals surface area contributed by atoms with Gasteiger partial charge in [0.25, 0.3) is 5.91 Å². The van der Waals surface area contributed by atoms with Crippen molar-refractivity contribution in [2.24, 2.45) is 11.7 Å². The van der Waals surface area contributed by atoms with Gasteiger partial charge in [-0.2, -0.15) is 5.10 Å². The first-order chi connectivity index (χ1) is 14.5. The molecule has 4 rings (SSSR count). The van der Waals surface area contributed by atoms with Crippen molar-refractivity contribution >= 4 is 5.91 Å². The lowest BCUT2D eigenvalue weighted by Gasteiger charge is -2.26. The molecule has 0 radical (unpaired) electrons. The van der Waals surface area contributed by atoms with Gasteiger partial charge in [-0.1, -0.05) is 32.0 Å². The molecule has 2 heterocycles. The second-order valence-electron chi connectivity index (χ2n) is 8.32. The molecule has 0 saturated carbocycles. The van der Waals surface area contributed by atoms with Crippen LogP contribution in [0.1, 0.15) is 35.3 Å². The van der Waals surface area contributed by atoms with Gasteiger partial charge < -0.3 is 10.6 Å². The quantitative estimate of drug-likeness (QED) is 0.648. The summed E-state index contributed by atoms with van der Waals surface area (Å²) < 4.78 is 15.6. The molecule has 6 heteroatoms. The van der Waals surface area contributed by atoms with Crippen molar-refractivity contribution in [1.82, 2.24) is 14.7 Å². The number of hydrogen-bond acceptors (Lipinski definition) is 3. The molecule has 30 heavy (non-hydrogen) atoms. The van der Waals surface area contributed by atoms with Crippen LogP contribution in [0.15, 0.2) is 54.7 Å². The van der Waals surface area contributed by atoms with Crippen molar-refractivity contribution < 1.29 is 9.18 Å². The van der Waals surface area contributed by atoms with Crippen LogP contribution in [0.2, 0.25) is 0 Å². The molecule has 0 spiro atoms. The van der Waals surface area contributed by atoms with Gasteiger partial charge in [0.1, 0.15) is 5.82 Å². The number of rotatable bonds is 7. The summed E-state index contributed by atoms with van der Waals surface area (Å²) in [6.07, 6.45) is 2.34. The van der Waals surface area contributed by atoms with Gasteiger partial charge in [-0.15, -0.1) is 0 Å². The summed E-state index contributed by atoms with van der Waals surface area (Å²) in [5.41, 5.74) is 10.7. The number of hydrogen-bond donors (Lipinski definition) is 1. The van der Waals surface area contributed by atoms with Gasteiger partial charge in [0.15, 0.2) is 0 Å². The second-order valence-corrected chi connectivity index (χ2v) is 8.32. The number of carbonyl (C=O) groups is 1. The maximum Gasteiger partial charge on any atom is 0.254 e. The summed E-state index contributed by atoms with van der Waals surface area (Å²) in [6.45, 7) is 6.00. The van der Waals surface area contributed by atoms with Crippen LogP contribution < -0.4 is 5.73 Å². The number of nitrogens with two attached hydrogens (primary N) is 1. The van der Waals surface area contributed by atoms with Gasteiger partial charge in [-0.3, -0.25) is 9.48 Å². The summed E-state index contributed by atoms with van der Waals surface area (Å²) in [7, 11) is 0. The summed E-state index contributed by atoms with van der Waals surface area (Å²) in [5, 5.41) is 4.44. The lowest BCUT2D eigenvalue weighted by Crippen LogP contribution is -2.42. The lowest BCUT2D eigenvalue weighted by atomic mass is 10.0. The maximum atomic E-state index is 13.6. The van der Waals surface area contributed by atoms with Gasteiger partial charge >= 0.3 is 0 Å². The highest BCUT2D eigenvalue weighted by atomic mass is 19.1. The van der Waals surface area contributed by atoms with E-state index in [-0.39, 0.29) is 17.8 Å². The number of aromatic nitrogens is 2. The van der Waals surface area contributed by atoms with Crippen LogP contribution in [0.3, 0.4) is 0 Å². The summed E-state index contributed by atoms with van der Waals surface area (Å²) in [4.78, 5) is 14.9. The van der Waals surface area contributed by atoms with E-state index in [2.05, 4.69) is 25.0 Å². The number of nitrogens with zero attached hydrogens (tertiary/aromatic N) is 3. The lowest BCUT2D eigenvalue weighted by molar-refractivity contribution is 0.0708. The number of halogens is 1. The molecule has 5 nitrogen and oxygen atoms in total. The second kappa shape index (κ2) is 8.40. The molecule has 1 amide bonds. The van der Waals surface area contributed by atoms with Gasteiger partial charge in [0.2, 0.25) is 0 Å². The van der Waals surface area contributed by atoms with E-state index in [0.29, 0.717) is 31.0 Å². The topological polar surface area (TPSA) is 64.2 Å². The molecular weight excluding hydrogens is 379 g/mol. The van der Waals surface area contributed by atoms with E-state index >= 15 is 0 Å². The largest absolute Gasteiger partial charge is 0.330 e. The molecule has 0 fully saturated rings. The molecule has 2 aromatic carbocycles. The van der Waals surface area contributed by atoms with E-state index in [4.69, 9.17) is 5.73 Å². The van der Waals surface area contributed by atoms with Crippen LogP contribution >= 0.6 is 0 Å². The van der Waals surface area contributed by atoms with E-state index in [9.17, 15) is 9.18 Å². The summed E-state index contributed by atoms with van der Waals surface area (Å²) >= 11 is 0. The molecule has 1 aromatic heterocycles. The Hall–Kier alpha value is -2.99. The van der Waals surface area contributed by atoms with Crippen LogP contribution in [0, 0.1) is 11.7 Å². The van der Waals surface area contributed by atoms with Crippen molar-refractivity contribution in [2.75, 3.05) is 6.54 Å². The molecule has 3 aromatic rings. The van der Waals surface area contributed by atoms with Gasteiger partial charge in [0, 0.05) is 43.0 Å². The van der Waals surface area contributed by atoms with E-state index in [1.54, 1.807) is 6.07 Å². The molecule has 2 N–H and O–H groups in total. The van der Waals surface area contributed by atoms with Crippen molar-refractivity contribution in [2.45, 2.75) is 39.4 Å². The number of fused-ring (bicyclic) bond motifs is 1. The number of carbonyl (C=O) groups excluding carboxylic acids is 1. The van der Waals surface area contributed by atoms with Crippen LogP contribution in [-0.4, -0.2) is 33.2 Å². The van der Waals surface area contributed by atoms with Crippen molar-refractivity contribution in [1.29, 1.82) is 0 Å². The van der Waals surface area contributed by atoms with E-state index in [1.165, 1.54) is 12.1 Å². The Morgan fingerprint density at radius 2 is 2.00 bits per heavy atom. The Bertz CT molecular complexity index is 1060. The highest BCUT2D eigenvalue weighted by Crippen LogP contribution is 2.30. The van der Waals surface area contributed by atoms with Crippen LogP contribution in [0.25, 0.3) is 11.3 Å². The first-order valence-electron chi connectivity index (χ1n) is 10.4. The Labute approximate surface area is 176 Å². The predicted molar refractivity (Wildman–Crippen MR) is 115 cm³/mol. The zero-order valence-corrected chi connectivity index (χ0v) is 17.4. The Kier molecular flexibility index (Phi) is 5.68. The van der Waals surface area contributed by atoms with Crippen LogP contribution in [-0.2, 0) is 19.5 Å². The average Bonchev–Trinajstić information content (AvgIpc) is 3.30. The fraction of sp³-hybridized carbons (Fsp3) is 0.333. The zero-order valence-electron chi connectivity index (χ0n) is 17.4. The van der Waals surface area contributed by atoms with E-state index < -0.39 is 0 Å². The van der Waals surface area contributed by atoms with E-state index in [1.807, 2.05) is 40.0 Å². The van der Waals surface area contributed by atoms with Gasteiger partial charge in [-0.05, 0) is 53.8 Å². The fourth-order valence-electron chi connectivity index (χ4n) is 4.12. The molecular formula is C24H27FN4O. The minimum atomic E-state index is -0.276. The fourth-order valence-corrected chi connectivity index (χ4v) is 4.12. The maximum absolute atomic E-state index is 13.6. The van der Waals surface area contributed by atoms with Gasteiger partial charge in [-0.25, -0.2) is 4.39 Å². The van der Waals surface area contributed by atoms with Crippen molar-refractivity contribution in [3.8, 4) is 11.3 Å². The zero-order chi connectivity index (χ0) is 21.3. The minimum Gasteiger partial charge on any atom is -0.330 e. The highest BCUT2D eigenvalue weighted by Gasteiger charge is 2.32. The normalized spacial score (nSPS) is 14.4. The number of amides is 1. The number of benzene rings is 2. The van der Waals surface area contributed by atoms with Crippen molar-refractivity contribution in [3.05, 3.63) is 77.2 Å². The SMILES string of the molecule is CC(C)Cn1nccc1-c1ccc2c(c1)CN([C@H](CN)Cc1cccc(F)c1)C2=O. The third kappa shape index (κ3) is 4.00. The van der Waals surface area contributed by atoms with Crippen molar-refractivity contribution in [3.63, 3.8) is 0 Å². The molecule has 1 aliphatic rings. The van der Waals surface area contributed by atoms with Crippen LogP contribution in [0.5, 0.6) is 0 Å². The standard InChI is InChI=1S/C24H27FN4O/c1-16(2)14-29-23(8-9-27-29)18-6-7-22-19(12-18)15-28(24(22)30)21(13-26)11-17-4-3-5-20(25)10-17/h3-10,12,16,21H,11,13-15,26H2,1-2H3/t21-/m0/s1. The Morgan fingerprint density at radius 3 is 2.73 bits per heavy atom. The molecule has 0 unspecified atom stereocenters. The van der Waals surface area contributed by atoms with Gasteiger partial charge in [0.05, 0.1) is 5.69 Å². The molecule has 0 aliphatic carbocycles. The first kappa shape index (κ1) is 20.3. The highest BCUT2D eigenvalue weighted by molar-refractivity contribution is 5.99. The Morgan fingerprint density at radius 1 is 1.17 bits per heavy atom. The first-order valence-corrected chi connectivity index (χ1v) is 10.4. The molecule has 0 bridgehead atoms. The Balaban J connectivity index is 1.57. The third-order valence-electron chi connectivity index (χ3n) is 5.56. The average molecular weight is 407 g/mol.